The van der Waals surface area contributed by atoms with E-state index in [2.05, 4.69) is 21.4 Å². The highest BCUT2D eigenvalue weighted by Gasteiger charge is 2.16. The maximum absolute atomic E-state index is 9.82. The maximum Gasteiger partial charge on any atom is 0.172 e. The van der Waals surface area contributed by atoms with Crippen molar-refractivity contribution in [3.8, 4) is 28.7 Å². The highest BCUT2D eigenvalue weighted by molar-refractivity contribution is 7.99. The van der Waals surface area contributed by atoms with Crippen LogP contribution in [-0.2, 0) is 7.05 Å². The summed E-state index contributed by atoms with van der Waals surface area (Å²) in [6, 6.07) is 19.5. The Bertz CT molecular complexity index is 1640. The van der Waals surface area contributed by atoms with Crippen LogP contribution < -0.4 is 14.8 Å². The van der Waals surface area contributed by atoms with Gasteiger partial charge in [-0.2, -0.15) is 5.26 Å². The van der Waals surface area contributed by atoms with Crippen molar-refractivity contribution in [3.05, 3.63) is 83.8 Å². The molecule has 2 heterocycles. The molecule has 0 saturated heterocycles. The Labute approximate surface area is 223 Å². The van der Waals surface area contributed by atoms with Crippen molar-refractivity contribution in [2.45, 2.75) is 10.1 Å². The molecule has 3 aromatic carbocycles. The first-order chi connectivity index (χ1) is 18.0. The number of aryl methyl sites for hydroxylation is 1. The van der Waals surface area contributed by atoms with Gasteiger partial charge in [0.05, 0.1) is 36.0 Å². The van der Waals surface area contributed by atoms with Gasteiger partial charge in [-0.3, -0.25) is 4.98 Å². The van der Waals surface area contributed by atoms with Gasteiger partial charge in [0.1, 0.15) is 17.6 Å². The number of fused-ring (bicyclic) bond motifs is 1. The zero-order valence-corrected chi connectivity index (χ0v) is 21.9. The molecule has 2 aromatic heterocycles. The van der Waals surface area contributed by atoms with Crippen LogP contribution in [0.1, 0.15) is 5.56 Å². The van der Waals surface area contributed by atoms with Gasteiger partial charge < -0.3 is 19.4 Å². The average Bonchev–Trinajstić information content (AvgIpc) is 3.33. The molecule has 0 radical (unpaired) electrons. The molecule has 0 atom stereocenters. The first-order valence-corrected chi connectivity index (χ1v) is 12.5. The molecule has 7 nitrogen and oxygen atoms in total. The molecule has 0 unspecified atom stereocenters. The number of ether oxygens (including phenoxy) is 2. The molecule has 0 saturated carbocycles. The van der Waals surface area contributed by atoms with Crippen molar-refractivity contribution in [3.63, 3.8) is 0 Å². The molecular formula is C28H22ClN5O2S. The van der Waals surface area contributed by atoms with Crippen LogP contribution in [-0.4, -0.2) is 28.8 Å². The number of nitrogens with one attached hydrogen (secondary N) is 1. The maximum atomic E-state index is 9.82. The summed E-state index contributed by atoms with van der Waals surface area (Å²) in [4.78, 5) is 9.78. The zero-order chi connectivity index (χ0) is 25.9. The van der Waals surface area contributed by atoms with Crippen LogP contribution in [0.4, 0.5) is 11.4 Å². The fourth-order valence-corrected chi connectivity index (χ4v) is 5.06. The Balaban J connectivity index is 1.54. The first-order valence-electron chi connectivity index (χ1n) is 11.3. The van der Waals surface area contributed by atoms with Gasteiger partial charge in [0, 0.05) is 47.2 Å². The monoisotopic (exact) mass is 527 g/mol. The van der Waals surface area contributed by atoms with Gasteiger partial charge in [-0.05, 0) is 48.0 Å². The van der Waals surface area contributed by atoms with E-state index in [1.807, 2.05) is 72.4 Å². The van der Waals surface area contributed by atoms with Crippen LogP contribution in [0.5, 0.6) is 11.5 Å². The Hall–Kier alpha value is -4.19. The Morgan fingerprint density at radius 2 is 1.84 bits per heavy atom. The van der Waals surface area contributed by atoms with Crippen molar-refractivity contribution in [1.29, 1.82) is 5.26 Å². The molecule has 5 aromatic rings. The topological polar surface area (TPSA) is 85.0 Å². The lowest BCUT2D eigenvalue weighted by atomic mass is 10.0. The lowest BCUT2D eigenvalue weighted by Gasteiger charge is -2.16. The summed E-state index contributed by atoms with van der Waals surface area (Å²) in [6.07, 6.45) is 5.21. The third-order valence-electron chi connectivity index (χ3n) is 5.89. The number of hydrogen-bond donors (Lipinski definition) is 1. The average molecular weight is 528 g/mol. The van der Waals surface area contributed by atoms with Gasteiger partial charge in [-0.1, -0.05) is 35.5 Å². The number of nitrogens with zero attached hydrogens (tertiary/aromatic N) is 4. The largest absolute Gasteiger partial charge is 0.497 e. The molecule has 0 aliphatic rings. The zero-order valence-electron chi connectivity index (χ0n) is 20.3. The number of imidazole rings is 1. The third kappa shape index (κ3) is 4.92. The molecule has 0 spiro atoms. The Morgan fingerprint density at radius 3 is 2.49 bits per heavy atom. The molecule has 0 fully saturated rings. The molecule has 1 N–H and O–H groups in total. The number of aromatic nitrogens is 3. The minimum Gasteiger partial charge on any atom is -0.497 e. The molecule has 9 heteroatoms. The van der Waals surface area contributed by atoms with Crippen LogP contribution >= 0.6 is 23.4 Å². The minimum atomic E-state index is 0.411. The SMILES string of the molecule is COc1ccc(-c2cc3ncc(C#N)c(Nc4ccc(Sc5nccn5C)c(Cl)c4)c3cc2OC)cc1. The number of benzene rings is 3. The summed E-state index contributed by atoms with van der Waals surface area (Å²) < 4.78 is 12.9. The minimum absolute atomic E-state index is 0.411. The van der Waals surface area contributed by atoms with E-state index in [1.165, 1.54) is 11.8 Å². The molecule has 0 bridgehead atoms. The van der Waals surface area contributed by atoms with E-state index in [0.717, 1.165) is 43.5 Å². The smallest absolute Gasteiger partial charge is 0.172 e. The normalized spacial score (nSPS) is 10.8. The quantitative estimate of drug-likeness (QED) is 0.242. The number of pyridine rings is 1. The van der Waals surface area contributed by atoms with Gasteiger partial charge >= 0.3 is 0 Å². The lowest BCUT2D eigenvalue weighted by molar-refractivity contribution is 0.414. The van der Waals surface area contributed by atoms with Crippen molar-refractivity contribution >= 4 is 45.6 Å². The molecule has 5 rings (SSSR count). The van der Waals surface area contributed by atoms with Crippen LogP contribution in [0.3, 0.4) is 0 Å². The van der Waals surface area contributed by atoms with Gasteiger partial charge in [-0.25, -0.2) is 4.98 Å². The van der Waals surface area contributed by atoms with E-state index >= 15 is 0 Å². The molecule has 0 aliphatic carbocycles. The second-order valence-corrected chi connectivity index (χ2v) is 9.57. The Morgan fingerprint density at radius 1 is 1.03 bits per heavy atom. The third-order valence-corrected chi connectivity index (χ3v) is 7.47. The highest BCUT2D eigenvalue weighted by atomic mass is 35.5. The molecule has 0 aliphatic heterocycles. The molecular weight excluding hydrogens is 506 g/mol. The number of nitriles is 1. The number of hydrogen-bond acceptors (Lipinski definition) is 7. The molecule has 37 heavy (non-hydrogen) atoms. The number of methoxy groups -OCH3 is 2. The van der Waals surface area contributed by atoms with E-state index in [9.17, 15) is 5.26 Å². The molecule has 184 valence electrons. The summed E-state index contributed by atoms with van der Waals surface area (Å²) >= 11 is 8.10. The van der Waals surface area contributed by atoms with Crippen molar-refractivity contribution in [2.75, 3.05) is 19.5 Å². The van der Waals surface area contributed by atoms with Crippen LogP contribution in [0.25, 0.3) is 22.0 Å². The summed E-state index contributed by atoms with van der Waals surface area (Å²) in [6.45, 7) is 0. The molecule has 0 amide bonds. The Kier molecular flexibility index (Phi) is 6.91. The lowest BCUT2D eigenvalue weighted by Crippen LogP contribution is -1.98. The summed E-state index contributed by atoms with van der Waals surface area (Å²) in [7, 11) is 5.20. The van der Waals surface area contributed by atoms with Gasteiger partial charge in [0.25, 0.3) is 0 Å². The highest BCUT2D eigenvalue weighted by Crippen LogP contribution is 2.39. The first kappa shape index (κ1) is 24.5. The van der Waals surface area contributed by atoms with Gasteiger partial charge in [-0.15, -0.1) is 0 Å². The van der Waals surface area contributed by atoms with Crippen molar-refractivity contribution < 1.29 is 9.47 Å². The summed E-state index contributed by atoms with van der Waals surface area (Å²) in [5.41, 5.74) is 4.37. The van der Waals surface area contributed by atoms with E-state index < -0.39 is 0 Å². The van der Waals surface area contributed by atoms with Crippen molar-refractivity contribution in [1.82, 2.24) is 14.5 Å². The number of rotatable bonds is 7. The van der Waals surface area contributed by atoms with Crippen LogP contribution in [0.2, 0.25) is 5.02 Å². The summed E-state index contributed by atoms with van der Waals surface area (Å²) in [5, 5.41) is 15.4. The van der Waals surface area contributed by atoms with Gasteiger partial charge in [0.2, 0.25) is 0 Å². The predicted octanol–water partition coefficient (Wildman–Crippen LogP) is 7.07. The second kappa shape index (κ2) is 10.4. The summed E-state index contributed by atoms with van der Waals surface area (Å²) in [5.74, 6) is 1.44. The van der Waals surface area contributed by atoms with E-state index in [-0.39, 0.29) is 0 Å². The number of anilines is 2. The van der Waals surface area contributed by atoms with E-state index in [4.69, 9.17) is 21.1 Å². The fraction of sp³-hybridized carbons (Fsp3) is 0.107. The fourth-order valence-electron chi connectivity index (χ4n) is 3.96. The van der Waals surface area contributed by atoms with E-state index in [1.54, 1.807) is 26.6 Å². The van der Waals surface area contributed by atoms with Crippen molar-refractivity contribution in [2.24, 2.45) is 7.05 Å². The van der Waals surface area contributed by atoms with Gasteiger partial charge in [0.15, 0.2) is 5.16 Å². The van der Waals surface area contributed by atoms with E-state index in [0.29, 0.717) is 22.0 Å². The second-order valence-electron chi connectivity index (χ2n) is 8.15. The predicted molar refractivity (Wildman–Crippen MR) is 147 cm³/mol. The standard InChI is InChI=1S/C28H22ClN5O2S/c1-34-11-10-31-28(34)37-26-9-6-19(12-23(26)29)33-27-18(15-30)16-32-24-13-21(25(36-3)14-22(24)27)17-4-7-20(35-2)8-5-17/h4-14,16H,1-3H3,(H,32,33). The van der Waals surface area contributed by atoms with Crippen LogP contribution in [0.15, 0.2) is 83.2 Å². The van der Waals surface area contributed by atoms with Crippen LogP contribution in [0, 0.1) is 11.3 Å². The number of halogens is 1.